The Hall–Kier alpha value is -3.52. The second kappa shape index (κ2) is 10.8. The summed E-state index contributed by atoms with van der Waals surface area (Å²) in [6.07, 6.45) is 13.0. The first kappa shape index (κ1) is 26.7. The van der Waals surface area contributed by atoms with E-state index < -0.39 is 5.82 Å². The molecule has 0 radical (unpaired) electrons. The molecule has 1 aromatic carbocycles. The van der Waals surface area contributed by atoms with Gasteiger partial charge in [-0.3, -0.25) is 14.6 Å². The summed E-state index contributed by atoms with van der Waals surface area (Å²) in [5, 5.41) is 3.60. The number of piperidine rings is 2. The highest BCUT2D eigenvalue weighted by Gasteiger charge is 2.40. The average Bonchev–Trinajstić information content (AvgIpc) is 3.37. The van der Waals surface area contributed by atoms with Crippen LogP contribution in [0.25, 0.3) is 22.2 Å². The van der Waals surface area contributed by atoms with Crippen LogP contribution in [0, 0.1) is 11.7 Å². The predicted octanol–water partition coefficient (Wildman–Crippen LogP) is 5.16. The van der Waals surface area contributed by atoms with Gasteiger partial charge in [0.25, 0.3) is 5.91 Å². The van der Waals surface area contributed by atoms with Crippen molar-refractivity contribution in [3.63, 3.8) is 0 Å². The molecular weight excluding hydrogens is 505 g/mol. The van der Waals surface area contributed by atoms with E-state index in [4.69, 9.17) is 0 Å². The summed E-state index contributed by atoms with van der Waals surface area (Å²) in [7, 11) is 0. The monoisotopic (exact) mass is 543 g/mol. The summed E-state index contributed by atoms with van der Waals surface area (Å²) in [6, 6.07) is 6.97. The lowest BCUT2D eigenvalue weighted by molar-refractivity contribution is -0.136. The highest BCUT2D eigenvalue weighted by molar-refractivity contribution is 6.03. The van der Waals surface area contributed by atoms with Gasteiger partial charge < -0.3 is 19.5 Å². The zero-order valence-corrected chi connectivity index (χ0v) is 23.6. The maximum atomic E-state index is 14.5. The van der Waals surface area contributed by atoms with Gasteiger partial charge in [-0.15, -0.1) is 0 Å². The minimum atomic E-state index is -0.436. The Labute approximate surface area is 235 Å². The predicted molar refractivity (Wildman–Crippen MR) is 154 cm³/mol. The van der Waals surface area contributed by atoms with Gasteiger partial charge in [0, 0.05) is 55.4 Å². The molecule has 8 heteroatoms. The molecule has 40 heavy (non-hydrogen) atoms. The number of halogens is 1. The molecule has 7 rings (SSSR count). The molecule has 1 atom stereocenters. The molecule has 3 aliphatic heterocycles. The Bertz CT molecular complexity index is 1470. The van der Waals surface area contributed by atoms with Crippen molar-refractivity contribution in [1.82, 2.24) is 24.5 Å². The molecule has 210 valence electrons. The molecule has 1 saturated carbocycles. The van der Waals surface area contributed by atoms with Crippen LogP contribution in [0.4, 0.5) is 4.39 Å². The fourth-order valence-electron chi connectivity index (χ4n) is 6.92. The van der Waals surface area contributed by atoms with Crippen molar-refractivity contribution in [2.45, 2.75) is 71.0 Å². The van der Waals surface area contributed by atoms with Crippen molar-refractivity contribution in [3.05, 3.63) is 66.0 Å². The largest absolute Gasteiger partial charge is 0.337 e. The van der Waals surface area contributed by atoms with Gasteiger partial charge in [-0.2, -0.15) is 0 Å². The molecule has 1 aliphatic carbocycles. The highest BCUT2D eigenvalue weighted by atomic mass is 19.1. The van der Waals surface area contributed by atoms with Gasteiger partial charge in [-0.25, -0.2) is 4.39 Å². The van der Waals surface area contributed by atoms with Gasteiger partial charge in [0.15, 0.2) is 0 Å². The molecular formula is C32H38FN5O2. The molecule has 3 fully saturated rings. The first-order chi connectivity index (χ1) is 19.4. The van der Waals surface area contributed by atoms with Gasteiger partial charge in [0.05, 0.1) is 23.3 Å². The number of amides is 2. The number of carbonyl (C=O) groups is 2. The lowest BCUT2D eigenvalue weighted by atomic mass is 9.76. The zero-order valence-electron chi connectivity index (χ0n) is 23.6. The lowest BCUT2D eigenvalue weighted by Crippen LogP contribution is -2.59. The van der Waals surface area contributed by atoms with E-state index in [1.807, 2.05) is 31.9 Å². The molecule has 4 aliphatic rings. The van der Waals surface area contributed by atoms with E-state index >= 15 is 0 Å². The van der Waals surface area contributed by atoms with Crippen LogP contribution in [0.3, 0.4) is 0 Å². The molecule has 2 bridgehead atoms. The lowest BCUT2D eigenvalue weighted by Gasteiger charge is -2.44. The smallest absolute Gasteiger partial charge is 0.254 e. The van der Waals surface area contributed by atoms with Crippen LogP contribution in [0.2, 0.25) is 0 Å². The molecule has 1 N–H and O–H groups in total. The van der Waals surface area contributed by atoms with Crippen molar-refractivity contribution in [1.29, 1.82) is 0 Å². The fourth-order valence-corrected chi connectivity index (χ4v) is 6.92. The number of hydrogen-bond donors (Lipinski definition) is 1. The Balaban J connectivity index is 1.33. The summed E-state index contributed by atoms with van der Waals surface area (Å²) in [5.74, 6) is 0.0659. The van der Waals surface area contributed by atoms with Crippen LogP contribution in [0.15, 0.2) is 48.9 Å². The van der Waals surface area contributed by atoms with Crippen LogP contribution in [-0.2, 0) is 4.79 Å². The van der Waals surface area contributed by atoms with E-state index in [2.05, 4.69) is 26.8 Å². The van der Waals surface area contributed by atoms with Crippen molar-refractivity contribution >= 4 is 22.9 Å². The summed E-state index contributed by atoms with van der Waals surface area (Å²) >= 11 is 0. The number of benzene rings is 1. The first-order valence-corrected chi connectivity index (χ1v) is 14.7. The third kappa shape index (κ3) is 4.72. The summed E-state index contributed by atoms with van der Waals surface area (Å²) < 4.78 is 16.5. The van der Waals surface area contributed by atoms with E-state index in [0.29, 0.717) is 42.7 Å². The number of nitrogens with one attached hydrogen (secondary N) is 1. The van der Waals surface area contributed by atoms with Crippen LogP contribution >= 0.6 is 0 Å². The van der Waals surface area contributed by atoms with Crippen LogP contribution in [-0.4, -0.2) is 68.8 Å². The second-order valence-electron chi connectivity index (χ2n) is 11.7. The fraction of sp³-hybridized carbons (Fsp3) is 0.469. The van der Waals surface area contributed by atoms with E-state index in [1.54, 1.807) is 23.4 Å². The third-order valence-corrected chi connectivity index (χ3v) is 9.08. The number of aromatic nitrogens is 2. The van der Waals surface area contributed by atoms with Crippen molar-refractivity contribution in [3.8, 4) is 11.1 Å². The van der Waals surface area contributed by atoms with E-state index in [0.717, 1.165) is 41.6 Å². The number of nitrogens with zero attached hydrogens (tertiary/aromatic N) is 4. The van der Waals surface area contributed by atoms with Gasteiger partial charge in [0.2, 0.25) is 5.91 Å². The summed E-state index contributed by atoms with van der Waals surface area (Å²) in [6.45, 7) is 7.66. The van der Waals surface area contributed by atoms with E-state index in [1.165, 1.54) is 25.0 Å². The molecule has 2 amide bonds. The molecule has 2 aromatic heterocycles. The Morgan fingerprint density at radius 3 is 2.60 bits per heavy atom. The zero-order chi connectivity index (χ0) is 28.0. The Morgan fingerprint density at radius 1 is 1.15 bits per heavy atom. The molecule has 5 heterocycles. The van der Waals surface area contributed by atoms with Gasteiger partial charge in [-0.05, 0) is 88.1 Å². The highest BCUT2D eigenvalue weighted by Crippen LogP contribution is 2.37. The van der Waals surface area contributed by atoms with Crippen molar-refractivity contribution < 1.29 is 14.0 Å². The number of carbonyl (C=O) groups excluding carboxylic acids is 2. The topological polar surface area (TPSA) is 70.0 Å². The number of fused-ring (bicyclic) bond motifs is 4. The van der Waals surface area contributed by atoms with Gasteiger partial charge >= 0.3 is 0 Å². The molecule has 2 saturated heterocycles. The van der Waals surface area contributed by atoms with E-state index in [-0.39, 0.29) is 23.9 Å². The number of hydrogen-bond acceptors (Lipinski definition) is 4. The maximum absolute atomic E-state index is 14.5. The first-order valence-electron chi connectivity index (χ1n) is 14.7. The average molecular weight is 544 g/mol. The van der Waals surface area contributed by atoms with Crippen molar-refractivity contribution in [2.75, 3.05) is 19.6 Å². The minimum absolute atomic E-state index is 0.00587. The van der Waals surface area contributed by atoms with Crippen LogP contribution < -0.4 is 5.32 Å². The second-order valence-corrected chi connectivity index (χ2v) is 11.7. The summed E-state index contributed by atoms with van der Waals surface area (Å²) in [4.78, 5) is 35.1. The summed E-state index contributed by atoms with van der Waals surface area (Å²) in [5.41, 5.74) is 4.90. The van der Waals surface area contributed by atoms with Crippen LogP contribution in [0.1, 0.15) is 68.9 Å². The van der Waals surface area contributed by atoms with Gasteiger partial charge in [0.1, 0.15) is 5.82 Å². The Morgan fingerprint density at radius 2 is 1.95 bits per heavy atom. The minimum Gasteiger partial charge on any atom is -0.337 e. The normalized spacial score (nSPS) is 22.6. The maximum Gasteiger partial charge on any atom is 0.254 e. The van der Waals surface area contributed by atoms with Crippen molar-refractivity contribution in [2.24, 2.45) is 5.92 Å². The molecule has 7 nitrogen and oxygen atoms in total. The van der Waals surface area contributed by atoms with Crippen LogP contribution in [0.5, 0.6) is 0 Å². The third-order valence-electron chi connectivity index (χ3n) is 9.08. The molecule has 0 spiro atoms. The van der Waals surface area contributed by atoms with Gasteiger partial charge in [-0.1, -0.05) is 12.1 Å². The van der Waals surface area contributed by atoms with E-state index in [9.17, 15) is 14.0 Å². The Kier molecular flexibility index (Phi) is 7.21. The molecule has 0 unspecified atom stereocenters. The standard InChI is InChI=1S/C32H38FN5O2/c1-4-37(20(2)3)31(39)27-17-23(33)7-10-25(27)26-18-28(38-16-13-34-19-29(26)38)21-11-14-36(15-12-21)32(40)30-22-5-8-24(35-30)9-6-22/h7,10-11,13,16-20,22,24,30,35H,4-6,8-9,12,14-15H2,1-3H3/t22?,24?,30-/m1/s1. The number of rotatable bonds is 6. The SMILES string of the molecule is CCN(C(=O)c1cc(F)ccc1-c1cc(C2=CCN(C(=O)[C@@H]3NC4CCC3CC4)CC2)n2ccncc12)C(C)C. The quantitative estimate of drug-likeness (QED) is 0.467. The molecule has 3 aromatic rings.